The number of fused-ring (bicyclic) bond motifs is 1. The predicted octanol–water partition coefficient (Wildman–Crippen LogP) is 6.96. The van der Waals surface area contributed by atoms with Crippen molar-refractivity contribution < 1.29 is 9.53 Å². The van der Waals surface area contributed by atoms with Gasteiger partial charge in [0.25, 0.3) is 0 Å². The number of aryl methyl sites for hydroxylation is 2. The Hall–Kier alpha value is -3.57. The zero-order valence-electron chi connectivity index (χ0n) is 21.9. The van der Waals surface area contributed by atoms with Crippen molar-refractivity contribution in [2.45, 2.75) is 51.5 Å². The Kier molecular flexibility index (Phi) is 10.4. The Morgan fingerprint density at radius 2 is 1.76 bits per heavy atom. The summed E-state index contributed by atoms with van der Waals surface area (Å²) in [4.78, 5) is 17.1. The first-order valence-corrected chi connectivity index (χ1v) is 13.8. The van der Waals surface area contributed by atoms with Crippen LogP contribution in [0.3, 0.4) is 0 Å². The Bertz CT molecular complexity index is 1330. The monoisotopic (exact) mass is 529 g/mol. The Morgan fingerprint density at radius 1 is 0.974 bits per heavy atom. The SMILES string of the molecule is C=CCc1ccccc1OCCCn1c(CCCCCNC(=O)Cc2ccc(Cl)cc2)nc2ccccc21. The molecule has 0 spiro atoms. The second-order valence-corrected chi connectivity index (χ2v) is 9.87. The number of aromatic nitrogens is 2. The van der Waals surface area contributed by atoms with Crippen LogP contribution in [0.2, 0.25) is 5.02 Å². The molecular weight excluding hydrogens is 494 g/mol. The van der Waals surface area contributed by atoms with Crippen LogP contribution >= 0.6 is 11.6 Å². The van der Waals surface area contributed by atoms with Crippen LogP contribution in [0.5, 0.6) is 5.75 Å². The molecule has 3 aromatic carbocycles. The number of unbranched alkanes of at least 4 members (excludes halogenated alkanes) is 2. The molecule has 0 atom stereocenters. The number of carbonyl (C=O) groups excluding carboxylic acids is 1. The number of halogens is 1. The van der Waals surface area contributed by atoms with E-state index in [1.165, 1.54) is 5.52 Å². The summed E-state index contributed by atoms with van der Waals surface area (Å²) in [6.45, 7) is 6.04. The van der Waals surface area contributed by atoms with Crippen molar-refractivity contribution in [3.8, 4) is 5.75 Å². The molecule has 5 nitrogen and oxygen atoms in total. The van der Waals surface area contributed by atoms with Crippen molar-refractivity contribution >= 4 is 28.5 Å². The summed E-state index contributed by atoms with van der Waals surface area (Å²) >= 11 is 5.91. The van der Waals surface area contributed by atoms with Gasteiger partial charge in [0.15, 0.2) is 0 Å². The molecule has 0 aliphatic rings. The van der Waals surface area contributed by atoms with E-state index in [-0.39, 0.29) is 5.91 Å². The number of rotatable bonds is 15. The maximum Gasteiger partial charge on any atom is 0.224 e. The highest BCUT2D eigenvalue weighted by Crippen LogP contribution is 2.21. The van der Waals surface area contributed by atoms with Crippen LogP contribution < -0.4 is 10.1 Å². The lowest BCUT2D eigenvalue weighted by atomic mass is 10.1. The molecule has 0 bridgehead atoms. The Labute approximate surface area is 230 Å². The van der Waals surface area contributed by atoms with Crippen LogP contribution in [0.25, 0.3) is 11.0 Å². The molecule has 0 fully saturated rings. The molecule has 0 aliphatic carbocycles. The van der Waals surface area contributed by atoms with Gasteiger partial charge in [-0.2, -0.15) is 0 Å². The first kappa shape index (κ1) is 27.5. The number of hydrogen-bond acceptors (Lipinski definition) is 3. The van der Waals surface area contributed by atoms with Crippen LogP contribution in [0, 0.1) is 0 Å². The highest BCUT2D eigenvalue weighted by atomic mass is 35.5. The topological polar surface area (TPSA) is 56.1 Å². The van der Waals surface area contributed by atoms with Crippen LogP contribution in [0.15, 0.2) is 85.5 Å². The van der Waals surface area contributed by atoms with Crippen LogP contribution in [0.4, 0.5) is 0 Å². The minimum absolute atomic E-state index is 0.0449. The zero-order valence-corrected chi connectivity index (χ0v) is 22.6. The van der Waals surface area contributed by atoms with Gasteiger partial charge in [0.2, 0.25) is 5.91 Å². The van der Waals surface area contributed by atoms with Crippen LogP contribution in [0.1, 0.15) is 42.6 Å². The maximum absolute atomic E-state index is 12.2. The number of amides is 1. The van der Waals surface area contributed by atoms with Crippen molar-refractivity contribution in [1.82, 2.24) is 14.9 Å². The number of nitrogens with one attached hydrogen (secondary N) is 1. The molecule has 4 aromatic rings. The fraction of sp³-hybridized carbons (Fsp3) is 0.312. The molecule has 0 radical (unpaired) electrons. The lowest BCUT2D eigenvalue weighted by Crippen LogP contribution is -2.26. The summed E-state index contributed by atoms with van der Waals surface area (Å²) in [6.07, 6.45) is 7.91. The molecule has 38 heavy (non-hydrogen) atoms. The van der Waals surface area contributed by atoms with E-state index in [1.54, 1.807) is 0 Å². The Balaban J connectivity index is 1.22. The minimum Gasteiger partial charge on any atom is -0.493 e. The van der Waals surface area contributed by atoms with Gasteiger partial charge in [0.1, 0.15) is 11.6 Å². The molecule has 4 rings (SSSR count). The molecule has 1 aromatic heterocycles. The minimum atomic E-state index is 0.0449. The fourth-order valence-corrected chi connectivity index (χ4v) is 4.73. The van der Waals surface area contributed by atoms with E-state index in [0.29, 0.717) is 24.6 Å². The number of ether oxygens (including phenoxy) is 1. The van der Waals surface area contributed by atoms with Gasteiger partial charge in [-0.15, -0.1) is 6.58 Å². The third kappa shape index (κ3) is 7.96. The third-order valence-corrected chi connectivity index (χ3v) is 6.78. The summed E-state index contributed by atoms with van der Waals surface area (Å²) in [5.41, 5.74) is 4.34. The van der Waals surface area contributed by atoms with Gasteiger partial charge in [-0.25, -0.2) is 4.98 Å². The van der Waals surface area contributed by atoms with Crippen molar-refractivity contribution in [2.75, 3.05) is 13.2 Å². The lowest BCUT2D eigenvalue weighted by molar-refractivity contribution is -0.120. The van der Waals surface area contributed by atoms with Crippen molar-refractivity contribution in [3.63, 3.8) is 0 Å². The van der Waals surface area contributed by atoms with Gasteiger partial charge in [0.05, 0.1) is 24.1 Å². The zero-order chi connectivity index (χ0) is 26.6. The van der Waals surface area contributed by atoms with E-state index >= 15 is 0 Å². The average molecular weight is 530 g/mol. The number of para-hydroxylation sites is 3. The maximum atomic E-state index is 12.2. The number of nitrogens with zero attached hydrogens (tertiary/aromatic N) is 2. The van der Waals surface area contributed by atoms with Crippen molar-refractivity contribution in [2.24, 2.45) is 0 Å². The summed E-state index contributed by atoms with van der Waals surface area (Å²) in [5, 5.41) is 3.71. The normalized spacial score (nSPS) is 11.0. The summed E-state index contributed by atoms with van der Waals surface area (Å²) in [5.74, 6) is 2.09. The van der Waals surface area contributed by atoms with Crippen molar-refractivity contribution in [3.05, 3.63) is 107 Å². The second kappa shape index (κ2) is 14.4. The van der Waals surface area contributed by atoms with Gasteiger partial charge in [-0.3, -0.25) is 4.79 Å². The number of benzene rings is 3. The largest absolute Gasteiger partial charge is 0.493 e. The van der Waals surface area contributed by atoms with E-state index in [2.05, 4.69) is 40.7 Å². The summed E-state index contributed by atoms with van der Waals surface area (Å²) in [6, 6.07) is 23.9. The predicted molar refractivity (Wildman–Crippen MR) is 156 cm³/mol. The van der Waals surface area contributed by atoms with Crippen molar-refractivity contribution in [1.29, 1.82) is 0 Å². The van der Waals surface area contributed by atoms with E-state index in [9.17, 15) is 4.79 Å². The van der Waals surface area contributed by atoms with Gasteiger partial charge in [-0.05, 0) is 67.1 Å². The number of hydrogen-bond donors (Lipinski definition) is 1. The first-order valence-electron chi connectivity index (χ1n) is 13.4. The third-order valence-electron chi connectivity index (χ3n) is 6.53. The van der Waals surface area contributed by atoms with E-state index in [0.717, 1.165) is 73.3 Å². The van der Waals surface area contributed by atoms with Crippen LogP contribution in [-0.2, 0) is 30.6 Å². The summed E-state index contributed by atoms with van der Waals surface area (Å²) in [7, 11) is 0. The molecule has 0 saturated heterocycles. The van der Waals surface area contributed by atoms with Gasteiger partial charge >= 0.3 is 0 Å². The molecule has 0 saturated carbocycles. The first-order chi connectivity index (χ1) is 18.6. The smallest absolute Gasteiger partial charge is 0.224 e. The number of imidazole rings is 1. The fourth-order valence-electron chi connectivity index (χ4n) is 4.60. The lowest BCUT2D eigenvalue weighted by Gasteiger charge is -2.12. The number of allylic oxidation sites excluding steroid dienone is 1. The van der Waals surface area contributed by atoms with Gasteiger partial charge in [0, 0.05) is 24.5 Å². The number of carbonyl (C=O) groups is 1. The molecule has 198 valence electrons. The molecule has 1 N–H and O–H groups in total. The van der Waals surface area contributed by atoms with E-state index < -0.39 is 0 Å². The van der Waals surface area contributed by atoms with Gasteiger partial charge in [-0.1, -0.05) is 66.6 Å². The standard InChI is InChI=1S/C32H36ClN3O2/c1-2-11-26-12-5-8-15-30(26)38-23-10-22-36-29-14-7-6-13-28(29)35-31(36)16-4-3-9-21-34-32(37)24-25-17-19-27(33)20-18-25/h2,5-8,12-15,17-20H,1,3-4,9-11,16,21-24H2,(H,34,37). The highest BCUT2D eigenvalue weighted by molar-refractivity contribution is 6.30. The van der Waals surface area contributed by atoms with E-state index in [4.69, 9.17) is 21.3 Å². The molecule has 0 unspecified atom stereocenters. The second-order valence-electron chi connectivity index (χ2n) is 9.43. The molecular formula is C32H36ClN3O2. The Morgan fingerprint density at radius 3 is 2.61 bits per heavy atom. The molecule has 1 heterocycles. The van der Waals surface area contributed by atoms with Gasteiger partial charge < -0.3 is 14.6 Å². The average Bonchev–Trinajstić information content (AvgIpc) is 3.28. The quantitative estimate of drug-likeness (QED) is 0.134. The van der Waals surface area contributed by atoms with E-state index in [1.807, 2.05) is 54.6 Å². The van der Waals surface area contributed by atoms with Crippen LogP contribution in [-0.4, -0.2) is 28.6 Å². The highest BCUT2D eigenvalue weighted by Gasteiger charge is 2.11. The summed E-state index contributed by atoms with van der Waals surface area (Å²) < 4.78 is 8.44. The molecule has 1 amide bonds. The molecule has 6 heteroatoms. The molecule has 0 aliphatic heterocycles.